The van der Waals surface area contributed by atoms with Crippen LogP contribution in [0.15, 0.2) is 209 Å². The summed E-state index contributed by atoms with van der Waals surface area (Å²) in [6.07, 6.45) is 0. The minimum atomic E-state index is 0.853. The fraction of sp³-hybridized carbons (Fsp3) is 0. The zero-order valence-corrected chi connectivity index (χ0v) is 29.8. The van der Waals surface area contributed by atoms with Crippen molar-refractivity contribution in [2.24, 2.45) is 0 Å². The van der Waals surface area contributed by atoms with E-state index in [0.29, 0.717) is 0 Å². The number of nitrogens with zero attached hydrogens (tertiary/aromatic N) is 1. The van der Waals surface area contributed by atoms with Gasteiger partial charge in [0.25, 0.3) is 0 Å². The number of rotatable bonds is 6. The zero-order valence-electron chi connectivity index (χ0n) is 29.8. The highest BCUT2D eigenvalue weighted by molar-refractivity contribution is 6.20. The molecule has 3 heteroatoms. The standard InChI is InChI=1S/C52H33NO2/c1-3-12-34(13-4-1)38-30-39(35-14-5-2-6-15-35)32-40(31-38)36-22-25-41(26-23-36)53(42-27-29-49-46(33-42)44-18-9-10-20-48(44)54-49)47-19-11-21-50-51(47)45-28-24-37-16-7-8-17-43(37)52(45)55-50/h1-33H. The van der Waals surface area contributed by atoms with E-state index in [9.17, 15) is 0 Å². The van der Waals surface area contributed by atoms with Gasteiger partial charge in [0.05, 0.1) is 11.1 Å². The summed E-state index contributed by atoms with van der Waals surface area (Å²) in [6, 6.07) is 71.1. The van der Waals surface area contributed by atoms with E-state index < -0.39 is 0 Å². The maximum absolute atomic E-state index is 6.67. The van der Waals surface area contributed by atoms with Gasteiger partial charge in [-0.15, -0.1) is 0 Å². The first-order valence-corrected chi connectivity index (χ1v) is 18.7. The van der Waals surface area contributed by atoms with Crippen LogP contribution in [0, 0.1) is 0 Å². The van der Waals surface area contributed by atoms with Crippen molar-refractivity contribution in [2.45, 2.75) is 0 Å². The Morgan fingerprint density at radius 3 is 1.62 bits per heavy atom. The van der Waals surface area contributed by atoms with E-state index in [1.807, 2.05) is 12.1 Å². The number of furan rings is 2. The third-order valence-electron chi connectivity index (χ3n) is 10.8. The Bertz CT molecular complexity index is 3140. The molecule has 0 amide bonds. The predicted molar refractivity (Wildman–Crippen MR) is 229 cm³/mol. The lowest BCUT2D eigenvalue weighted by Crippen LogP contribution is -2.10. The lowest BCUT2D eigenvalue weighted by Gasteiger charge is -2.26. The summed E-state index contributed by atoms with van der Waals surface area (Å²) in [5, 5.41) is 6.61. The second-order valence-electron chi connectivity index (χ2n) is 14.1. The number of para-hydroxylation sites is 1. The van der Waals surface area contributed by atoms with E-state index in [2.05, 4.69) is 193 Å². The monoisotopic (exact) mass is 703 g/mol. The molecule has 2 aromatic heterocycles. The van der Waals surface area contributed by atoms with Gasteiger partial charge < -0.3 is 13.7 Å². The van der Waals surface area contributed by atoms with Gasteiger partial charge in [0, 0.05) is 32.9 Å². The highest BCUT2D eigenvalue weighted by Crippen LogP contribution is 2.46. The number of hydrogen-bond acceptors (Lipinski definition) is 3. The van der Waals surface area contributed by atoms with Gasteiger partial charge in [0.1, 0.15) is 22.3 Å². The van der Waals surface area contributed by atoms with E-state index in [1.165, 1.54) is 27.8 Å². The second-order valence-corrected chi connectivity index (χ2v) is 14.1. The van der Waals surface area contributed by atoms with Crippen LogP contribution in [0.25, 0.3) is 88.0 Å². The molecular weight excluding hydrogens is 671 g/mol. The molecule has 0 unspecified atom stereocenters. The quantitative estimate of drug-likeness (QED) is 0.173. The Morgan fingerprint density at radius 2 is 0.891 bits per heavy atom. The van der Waals surface area contributed by atoms with Gasteiger partial charge in [0.2, 0.25) is 0 Å². The number of hydrogen-bond donors (Lipinski definition) is 0. The van der Waals surface area contributed by atoms with Gasteiger partial charge in [-0.3, -0.25) is 0 Å². The molecule has 258 valence electrons. The van der Waals surface area contributed by atoms with E-state index in [1.54, 1.807) is 0 Å². The van der Waals surface area contributed by atoms with Crippen LogP contribution in [-0.2, 0) is 0 Å². The Labute approximate surface area is 317 Å². The molecule has 0 aliphatic carbocycles. The first-order chi connectivity index (χ1) is 27.2. The third-order valence-corrected chi connectivity index (χ3v) is 10.8. The Morgan fingerprint density at radius 1 is 0.309 bits per heavy atom. The van der Waals surface area contributed by atoms with Crippen molar-refractivity contribution >= 4 is 71.7 Å². The topological polar surface area (TPSA) is 29.5 Å². The SMILES string of the molecule is c1ccc(-c2cc(-c3ccccc3)cc(-c3ccc(N(c4ccc5oc6ccccc6c5c4)c4cccc5oc6c7ccccc7ccc6c45)cc3)c2)cc1. The highest BCUT2D eigenvalue weighted by atomic mass is 16.3. The van der Waals surface area contributed by atoms with Crippen molar-refractivity contribution in [3.05, 3.63) is 200 Å². The van der Waals surface area contributed by atoms with Crippen LogP contribution in [0.5, 0.6) is 0 Å². The molecule has 2 heterocycles. The normalized spacial score (nSPS) is 11.6. The van der Waals surface area contributed by atoms with E-state index >= 15 is 0 Å². The average Bonchev–Trinajstić information content (AvgIpc) is 3.84. The van der Waals surface area contributed by atoms with Crippen LogP contribution in [0.3, 0.4) is 0 Å². The smallest absolute Gasteiger partial charge is 0.143 e. The van der Waals surface area contributed by atoms with Gasteiger partial charge in [-0.05, 0) is 112 Å². The molecular formula is C52H33NO2. The summed E-state index contributed by atoms with van der Waals surface area (Å²) in [5.74, 6) is 0. The summed E-state index contributed by atoms with van der Waals surface area (Å²) in [7, 11) is 0. The van der Waals surface area contributed by atoms with Crippen LogP contribution < -0.4 is 4.90 Å². The van der Waals surface area contributed by atoms with Gasteiger partial charge in [-0.1, -0.05) is 127 Å². The number of benzene rings is 9. The molecule has 0 atom stereocenters. The molecule has 0 N–H and O–H groups in total. The lowest BCUT2D eigenvalue weighted by atomic mass is 9.93. The largest absolute Gasteiger partial charge is 0.456 e. The molecule has 11 rings (SSSR count). The Balaban J connectivity index is 1.11. The summed E-state index contributed by atoms with van der Waals surface area (Å²) in [4.78, 5) is 2.35. The van der Waals surface area contributed by atoms with Gasteiger partial charge in [-0.25, -0.2) is 0 Å². The number of anilines is 3. The Hall–Kier alpha value is -7.36. The summed E-state index contributed by atoms with van der Waals surface area (Å²) in [5.41, 5.74) is 13.7. The molecule has 0 saturated heterocycles. The fourth-order valence-electron chi connectivity index (χ4n) is 8.19. The van der Waals surface area contributed by atoms with Crippen LogP contribution in [-0.4, -0.2) is 0 Å². The third kappa shape index (κ3) is 5.28. The summed E-state index contributed by atoms with van der Waals surface area (Å²) >= 11 is 0. The highest BCUT2D eigenvalue weighted by Gasteiger charge is 2.21. The van der Waals surface area contributed by atoms with Crippen LogP contribution in [0.4, 0.5) is 17.1 Å². The van der Waals surface area contributed by atoms with Crippen LogP contribution in [0.1, 0.15) is 0 Å². The Kier molecular flexibility index (Phi) is 7.17. The van der Waals surface area contributed by atoms with Gasteiger partial charge in [0.15, 0.2) is 0 Å². The van der Waals surface area contributed by atoms with Crippen molar-refractivity contribution in [3.63, 3.8) is 0 Å². The molecule has 9 aromatic carbocycles. The summed E-state index contributed by atoms with van der Waals surface area (Å²) in [6.45, 7) is 0. The lowest BCUT2D eigenvalue weighted by molar-refractivity contribution is 0.669. The van der Waals surface area contributed by atoms with Crippen molar-refractivity contribution in [3.8, 4) is 33.4 Å². The summed E-state index contributed by atoms with van der Waals surface area (Å²) < 4.78 is 12.9. The van der Waals surface area contributed by atoms with E-state index in [4.69, 9.17) is 8.83 Å². The molecule has 0 aliphatic rings. The second kappa shape index (κ2) is 12.6. The van der Waals surface area contributed by atoms with Crippen LogP contribution in [0.2, 0.25) is 0 Å². The minimum absolute atomic E-state index is 0.853. The maximum atomic E-state index is 6.67. The van der Waals surface area contributed by atoms with Crippen molar-refractivity contribution in [1.82, 2.24) is 0 Å². The van der Waals surface area contributed by atoms with Gasteiger partial charge in [-0.2, -0.15) is 0 Å². The van der Waals surface area contributed by atoms with Crippen LogP contribution >= 0.6 is 0 Å². The molecule has 0 fully saturated rings. The predicted octanol–water partition coefficient (Wildman–Crippen LogP) is 15.1. The maximum Gasteiger partial charge on any atom is 0.143 e. The molecule has 0 bridgehead atoms. The molecule has 0 radical (unpaired) electrons. The van der Waals surface area contributed by atoms with Gasteiger partial charge >= 0.3 is 0 Å². The van der Waals surface area contributed by atoms with Crippen molar-refractivity contribution < 1.29 is 8.83 Å². The fourth-order valence-corrected chi connectivity index (χ4v) is 8.19. The number of fused-ring (bicyclic) bond motifs is 8. The molecule has 11 aromatic rings. The first kappa shape index (κ1) is 31.2. The molecule has 55 heavy (non-hydrogen) atoms. The molecule has 0 spiro atoms. The molecule has 0 saturated carbocycles. The zero-order chi connectivity index (χ0) is 36.3. The average molecular weight is 704 g/mol. The molecule has 3 nitrogen and oxygen atoms in total. The van der Waals surface area contributed by atoms with Crippen molar-refractivity contribution in [1.29, 1.82) is 0 Å². The molecule has 0 aliphatic heterocycles. The van der Waals surface area contributed by atoms with E-state index in [0.717, 1.165) is 77.3 Å². The minimum Gasteiger partial charge on any atom is -0.456 e. The first-order valence-electron chi connectivity index (χ1n) is 18.7. The van der Waals surface area contributed by atoms with Crippen molar-refractivity contribution in [2.75, 3.05) is 4.90 Å². The van der Waals surface area contributed by atoms with E-state index in [-0.39, 0.29) is 0 Å².